The zero-order chi connectivity index (χ0) is 35.4. The van der Waals surface area contributed by atoms with Gasteiger partial charge < -0.3 is 24.2 Å². The second-order valence-corrected chi connectivity index (χ2v) is 14.5. The summed E-state index contributed by atoms with van der Waals surface area (Å²) in [6, 6.07) is 27.0. The third kappa shape index (κ3) is 10.9. The number of benzene rings is 3. The summed E-state index contributed by atoms with van der Waals surface area (Å²) in [6.07, 6.45) is 6.14. The molecule has 282 valence electrons. The van der Waals surface area contributed by atoms with Gasteiger partial charge in [0, 0.05) is 94.3 Å². The maximum Gasteiger partial charge on any atom is 0.253 e. The average Bonchev–Trinajstić information content (AvgIpc) is 3.56. The molecule has 3 aromatic carbocycles. The highest BCUT2D eigenvalue weighted by atomic mass is 35.5. The molecule has 2 amide bonds. The summed E-state index contributed by atoms with van der Waals surface area (Å²) in [4.78, 5) is 37.2. The molecule has 10 heteroatoms. The van der Waals surface area contributed by atoms with Gasteiger partial charge in [-0.1, -0.05) is 36.8 Å². The SMILES string of the molecule is CC(C)N1CCCN(C(=O)c2ccc(N3CCOCC3)cc2)CC1.Cl.O=C(c1cccc(COc2ccccc2)c1)N1CCCN(C2CCC2)CC1. The third-order valence-corrected chi connectivity index (χ3v) is 10.8. The molecule has 3 heterocycles. The van der Waals surface area contributed by atoms with Gasteiger partial charge in [-0.2, -0.15) is 0 Å². The minimum absolute atomic E-state index is 0. The Morgan fingerprint density at radius 3 is 2.04 bits per heavy atom. The highest BCUT2D eigenvalue weighted by Gasteiger charge is 2.28. The first kappa shape index (κ1) is 39.6. The first-order chi connectivity index (χ1) is 24.9. The van der Waals surface area contributed by atoms with Gasteiger partial charge in [0.15, 0.2) is 0 Å². The third-order valence-electron chi connectivity index (χ3n) is 10.8. The number of hydrogen-bond acceptors (Lipinski definition) is 7. The minimum atomic E-state index is 0. The van der Waals surface area contributed by atoms with Crippen molar-refractivity contribution in [2.75, 3.05) is 83.6 Å². The lowest BCUT2D eigenvalue weighted by atomic mass is 9.91. The summed E-state index contributed by atoms with van der Waals surface area (Å²) in [5.74, 6) is 1.15. The van der Waals surface area contributed by atoms with Crippen molar-refractivity contribution in [3.8, 4) is 5.75 Å². The van der Waals surface area contributed by atoms with Gasteiger partial charge >= 0.3 is 0 Å². The fourth-order valence-electron chi connectivity index (χ4n) is 7.39. The first-order valence-electron chi connectivity index (χ1n) is 19.2. The Morgan fingerprint density at radius 1 is 0.692 bits per heavy atom. The van der Waals surface area contributed by atoms with E-state index in [0.29, 0.717) is 12.6 Å². The van der Waals surface area contributed by atoms with E-state index < -0.39 is 0 Å². The molecule has 1 saturated carbocycles. The highest BCUT2D eigenvalue weighted by molar-refractivity contribution is 5.95. The number of hydrogen-bond donors (Lipinski definition) is 0. The van der Waals surface area contributed by atoms with E-state index in [1.54, 1.807) is 0 Å². The second kappa shape index (κ2) is 20.0. The zero-order valence-corrected chi connectivity index (χ0v) is 32.0. The van der Waals surface area contributed by atoms with Crippen LogP contribution in [0.3, 0.4) is 0 Å². The van der Waals surface area contributed by atoms with E-state index in [2.05, 4.69) is 40.7 Å². The van der Waals surface area contributed by atoms with Crippen molar-refractivity contribution in [3.05, 3.63) is 95.6 Å². The topological polar surface area (TPSA) is 68.8 Å². The van der Waals surface area contributed by atoms with Crippen LogP contribution in [-0.4, -0.2) is 122 Å². The van der Waals surface area contributed by atoms with E-state index >= 15 is 0 Å². The van der Waals surface area contributed by atoms with Gasteiger partial charge in [0.1, 0.15) is 12.4 Å². The number of amides is 2. The lowest BCUT2D eigenvalue weighted by Crippen LogP contribution is -2.42. The lowest BCUT2D eigenvalue weighted by Gasteiger charge is -2.36. The summed E-state index contributed by atoms with van der Waals surface area (Å²) in [5.41, 5.74) is 3.76. The quantitative estimate of drug-likeness (QED) is 0.263. The van der Waals surface area contributed by atoms with Crippen LogP contribution in [0, 0.1) is 0 Å². The maximum absolute atomic E-state index is 13.0. The molecule has 0 aromatic heterocycles. The number of para-hydroxylation sites is 1. The summed E-state index contributed by atoms with van der Waals surface area (Å²) < 4.78 is 11.2. The fourth-order valence-corrected chi connectivity index (χ4v) is 7.39. The minimum Gasteiger partial charge on any atom is -0.489 e. The molecule has 0 atom stereocenters. The summed E-state index contributed by atoms with van der Waals surface area (Å²) in [5, 5.41) is 0. The predicted molar refractivity (Wildman–Crippen MR) is 211 cm³/mol. The van der Waals surface area contributed by atoms with Crippen molar-refractivity contribution in [1.82, 2.24) is 19.6 Å². The molecule has 52 heavy (non-hydrogen) atoms. The molecule has 4 fully saturated rings. The van der Waals surface area contributed by atoms with E-state index in [9.17, 15) is 9.59 Å². The first-order valence-corrected chi connectivity index (χ1v) is 19.2. The molecule has 0 unspecified atom stereocenters. The summed E-state index contributed by atoms with van der Waals surface area (Å²) in [7, 11) is 0. The predicted octanol–water partition coefficient (Wildman–Crippen LogP) is 6.47. The summed E-state index contributed by atoms with van der Waals surface area (Å²) in [6.45, 7) is 15.9. The van der Waals surface area contributed by atoms with Crippen LogP contribution in [0.4, 0.5) is 5.69 Å². The highest BCUT2D eigenvalue weighted by Crippen LogP contribution is 2.26. The van der Waals surface area contributed by atoms with E-state index in [0.717, 1.165) is 120 Å². The normalized spacial score (nSPS) is 19.0. The van der Waals surface area contributed by atoms with Crippen LogP contribution in [0.1, 0.15) is 72.2 Å². The zero-order valence-electron chi connectivity index (χ0n) is 31.2. The molecule has 0 N–H and O–H groups in total. The molecule has 1 aliphatic carbocycles. The van der Waals surface area contributed by atoms with Crippen LogP contribution in [0.2, 0.25) is 0 Å². The molecular formula is C42H58ClN5O4. The molecule has 3 saturated heterocycles. The van der Waals surface area contributed by atoms with Gasteiger partial charge in [-0.15, -0.1) is 12.4 Å². The van der Waals surface area contributed by atoms with Crippen LogP contribution < -0.4 is 9.64 Å². The molecular weight excluding hydrogens is 674 g/mol. The van der Waals surface area contributed by atoms with Crippen molar-refractivity contribution < 1.29 is 19.1 Å². The number of morpholine rings is 1. The Bertz CT molecular complexity index is 1530. The average molecular weight is 732 g/mol. The van der Waals surface area contributed by atoms with Crippen molar-refractivity contribution in [1.29, 1.82) is 0 Å². The number of halogens is 1. The smallest absolute Gasteiger partial charge is 0.253 e. The molecule has 0 spiro atoms. The van der Waals surface area contributed by atoms with E-state index in [1.807, 2.05) is 76.5 Å². The van der Waals surface area contributed by atoms with Gasteiger partial charge in [-0.3, -0.25) is 19.4 Å². The fraction of sp³-hybridized carbons (Fsp3) is 0.524. The van der Waals surface area contributed by atoms with Crippen LogP contribution in [0.5, 0.6) is 5.75 Å². The van der Waals surface area contributed by atoms with Gasteiger partial charge in [0.2, 0.25) is 0 Å². The molecule has 3 aliphatic heterocycles. The molecule has 7 rings (SSSR count). The Labute approximate surface area is 317 Å². The number of carbonyl (C=O) groups excluding carboxylic acids is 2. The molecule has 4 aliphatic rings. The number of ether oxygens (including phenoxy) is 2. The van der Waals surface area contributed by atoms with E-state index in [-0.39, 0.29) is 24.2 Å². The van der Waals surface area contributed by atoms with Crippen molar-refractivity contribution in [2.45, 2.75) is 64.6 Å². The van der Waals surface area contributed by atoms with Crippen LogP contribution in [0.15, 0.2) is 78.9 Å². The Kier molecular flexibility index (Phi) is 15.2. The number of nitrogens with zero attached hydrogens (tertiary/aromatic N) is 5. The van der Waals surface area contributed by atoms with Gasteiger partial charge in [0.05, 0.1) is 13.2 Å². The summed E-state index contributed by atoms with van der Waals surface area (Å²) >= 11 is 0. The largest absolute Gasteiger partial charge is 0.489 e. The van der Waals surface area contributed by atoms with Gasteiger partial charge in [-0.25, -0.2) is 0 Å². The van der Waals surface area contributed by atoms with E-state index in [1.165, 1.54) is 24.9 Å². The Morgan fingerprint density at radius 2 is 1.37 bits per heavy atom. The second-order valence-electron chi connectivity index (χ2n) is 14.5. The van der Waals surface area contributed by atoms with Crippen molar-refractivity contribution in [3.63, 3.8) is 0 Å². The molecule has 0 radical (unpaired) electrons. The number of carbonyl (C=O) groups is 2. The number of rotatable bonds is 8. The monoisotopic (exact) mass is 731 g/mol. The number of anilines is 1. The molecule has 3 aromatic rings. The Balaban J connectivity index is 0.000000199. The molecule has 9 nitrogen and oxygen atoms in total. The van der Waals surface area contributed by atoms with Crippen molar-refractivity contribution >= 4 is 29.9 Å². The standard InChI is InChI=1S/C23H28N2O2.C19H29N3O2.ClH/c26-23(25-14-6-13-24(15-16-25)21-9-5-10-21)20-8-4-7-19(17-20)18-27-22-11-2-1-3-12-22;1-16(2)20-8-3-9-22(11-10-20)19(23)17-4-6-18(7-5-17)21-12-14-24-15-13-21;/h1-4,7-8,11-12,17,21H,5-6,9-10,13-16,18H2;4-7,16H,3,8-15H2,1-2H3;1H. The van der Waals surface area contributed by atoms with Crippen LogP contribution in [-0.2, 0) is 11.3 Å². The van der Waals surface area contributed by atoms with Gasteiger partial charge in [0.25, 0.3) is 11.8 Å². The van der Waals surface area contributed by atoms with E-state index in [4.69, 9.17) is 9.47 Å². The van der Waals surface area contributed by atoms with Crippen LogP contribution in [0.25, 0.3) is 0 Å². The Hall–Kier alpha value is -3.63. The maximum atomic E-state index is 13.0. The van der Waals surface area contributed by atoms with Crippen molar-refractivity contribution in [2.24, 2.45) is 0 Å². The van der Waals surface area contributed by atoms with Crippen LogP contribution >= 0.6 is 12.4 Å². The van der Waals surface area contributed by atoms with Gasteiger partial charge in [-0.05, 0) is 93.6 Å². The lowest BCUT2D eigenvalue weighted by molar-refractivity contribution is 0.0745. The molecule has 0 bridgehead atoms.